The summed E-state index contributed by atoms with van der Waals surface area (Å²) >= 11 is 0. The smallest absolute Gasteiger partial charge is 0.212 e. The van der Waals surface area contributed by atoms with Gasteiger partial charge in [0.25, 0.3) is 0 Å². The minimum Gasteiger partial charge on any atom is -0.212 e. The average molecular weight is 193 g/mol. The van der Waals surface area contributed by atoms with Crippen LogP contribution < -0.4 is 0 Å². The van der Waals surface area contributed by atoms with Crippen LogP contribution in [0.5, 0.6) is 0 Å². The van der Waals surface area contributed by atoms with E-state index in [9.17, 15) is 0 Å². The molecular formula is C7H2N6Na. The van der Waals surface area contributed by atoms with Crippen LogP contribution in [0.2, 0.25) is 0 Å². The maximum absolute atomic E-state index is 8.48. The van der Waals surface area contributed by atoms with E-state index in [1.807, 2.05) is 0 Å². The van der Waals surface area contributed by atoms with Crippen molar-refractivity contribution in [3.8, 4) is 30.6 Å². The summed E-state index contributed by atoms with van der Waals surface area (Å²) in [6.07, 6.45) is 2.86. The molecule has 0 heterocycles. The molecule has 7 heteroatoms. The third kappa shape index (κ3) is 3.32. The predicted molar refractivity (Wildman–Crippen MR) is 43.0 cm³/mol. The van der Waals surface area contributed by atoms with Crippen molar-refractivity contribution in [1.82, 2.24) is 4.90 Å². The van der Waals surface area contributed by atoms with Gasteiger partial charge >= 0.3 is 0 Å². The third-order valence-electron chi connectivity index (χ3n) is 1.21. The summed E-state index contributed by atoms with van der Waals surface area (Å²) in [6.45, 7) is -0.524. The van der Waals surface area contributed by atoms with Gasteiger partial charge in [0.1, 0.15) is 18.2 Å². The molecule has 0 aliphatic heterocycles. The van der Waals surface area contributed by atoms with E-state index in [0.29, 0.717) is 4.90 Å². The normalized spacial score (nSPS) is 7.36. The predicted octanol–water partition coefficient (Wildman–Crippen LogP) is -0.573. The fourth-order valence-corrected chi connectivity index (χ4v) is 0.511. The van der Waals surface area contributed by atoms with Crippen LogP contribution in [0.4, 0.5) is 0 Å². The summed E-state index contributed by atoms with van der Waals surface area (Å²) in [5, 5.41) is 42.0. The maximum atomic E-state index is 8.48. The number of hydrogen-bond donors (Lipinski definition) is 0. The Morgan fingerprint density at radius 2 is 1.21 bits per heavy atom. The molecule has 6 nitrogen and oxygen atoms in total. The Kier molecular flexibility index (Phi) is 7.10. The number of nitrogens with zero attached hydrogens (tertiary/aromatic N) is 6. The quantitative estimate of drug-likeness (QED) is 0.328. The van der Waals surface area contributed by atoms with Crippen LogP contribution in [-0.4, -0.2) is 41.0 Å². The molecular weight excluding hydrogens is 191 g/mol. The molecule has 0 aromatic heterocycles. The molecule has 61 valence electrons. The summed E-state index contributed by atoms with van der Waals surface area (Å²) in [4.78, 5) is 0.496. The van der Waals surface area contributed by atoms with Gasteiger partial charge in [0, 0.05) is 29.6 Å². The molecule has 0 fully saturated rings. The molecule has 0 bridgehead atoms. The second-order valence-electron chi connectivity index (χ2n) is 2.03. The molecule has 0 saturated heterocycles. The van der Waals surface area contributed by atoms with Crippen molar-refractivity contribution >= 4 is 29.6 Å². The van der Waals surface area contributed by atoms with E-state index in [0.717, 1.165) is 0 Å². The summed E-state index contributed by atoms with van der Waals surface area (Å²) in [5.41, 5.74) is -1.95. The standard InChI is InChI=1S/C7H2N6.Na/c8-1-7(2-9,3-10)4-13(5-11)6-12;/h4H2;. The van der Waals surface area contributed by atoms with Gasteiger partial charge < -0.3 is 0 Å². The maximum Gasteiger partial charge on any atom is 0.247 e. The molecule has 0 rings (SSSR count). The Balaban J connectivity index is 0. The second-order valence-corrected chi connectivity index (χ2v) is 2.03. The molecule has 0 atom stereocenters. The van der Waals surface area contributed by atoms with Gasteiger partial charge in [0.05, 0.1) is 6.54 Å². The largest absolute Gasteiger partial charge is 0.247 e. The van der Waals surface area contributed by atoms with Gasteiger partial charge in [-0.25, -0.2) is 4.90 Å². The van der Waals surface area contributed by atoms with Gasteiger partial charge in [-0.05, 0) is 0 Å². The first-order valence-corrected chi connectivity index (χ1v) is 2.99. The molecule has 0 amide bonds. The Morgan fingerprint density at radius 1 is 0.857 bits per heavy atom. The first-order chi connectivity index (χ1) is 6.17. The molecule has 0 aliphatic carbocycles. The van der Waals surface area contributed by atoms with Gasteiger partial charge in [-0.15, -0.1) is 0 Å². The number of rotatable bonds is 2. The first kappa shape index (κ1) is 14.8. The van der Waals surface area contributed by atoms with Gasteiger partial charge in [-0.1, -0.05) is 0 Å². The molecule has 1 radical (unpaired) electrons. The van der Waals surface area contributed by atoms with Crippen LogP contribution in [0.15, 0.2) is 0 Å². The van der Waals surface area contributed by atoms with Crippen molar-refractivity contribution in [2.75, 3.05) is 6.54 Å². The zero-order valence-corrected chi connectivity index (χ0v) is 9.39. The Morgan fingerprint density at radius 3 is 1.43 bits per heavy atom. The molecule has 0 aromatic rings. The van der Waals surface area contributed by atoms with Crippen LogP contribution in [-0.2, 0) is 0 Å². The van der Waals surface area contributed by atoms with Gasteiger partial charge in [0.15, 0.2) is 12.4 Å². The fourth-order valence-electron chi connectivity index (χ4n) is 0.511. The van der Waals surface area contributed by atoms with Crippen molar-refractivity contribution in [2.24, 2.45) is 5.41 Å². The third-order valence-corrected chi connectivity index (χ3v) is 1.21. The van der Waals surface area contributed by atoms with Crippen molar-refractivity contribution in [2.45, 2.75) is 0 Å². The molecule has 0 aliphatic rings. The minimum absolute atomic E-state index is 0. The molecule has 0 aromatic carbocycles. The van der Waals surface area contributed by atoms with E-state index >= 15 is 0 Å². The fraction of sp³-hybridized carbons (Fsp3) is 0.286. The van der Waals surface area contributed by atoms with Gasteiger partial charge in [0.2, 0.25) is 5.41 Å². The minimum atomic E-state index is -1.95. The van der Waals surface area contributed by atoms with Gasteiger partial charge in [-0.3, -0.25) is 0 Å². The van der Waals surface area contributed by atoms with Crippen LogP contribution in [0.1, 0.15) is 0 Å². The summed E-state index contributed by atoms with van der Waals surface area (Å²) in [7, 11) is 0. The van der Waals surface area contributed by atoms with Crippen molar-refractivity contribution in [3.05, 3.63) is 0 Å². The van der Waals surface area contributed by atoms with Crippen LogP contribution in [0, 0.1) is 62.3 Å². The van der Waals surface area contributed by atoms with Crippen LogP contribution >= 0.6 is 0 Å². The SMILES string of the molecule is N#CN(C#N)CC(C#N)(C#N)C#N.[Na]. The van der Waals surface area contributed by atoms with Crippen LogP contribution in [0.25, 0.3) is 0 Å². The van der Waals surface area contributed by atoms with E-state index in [-0.39, 0.29) is 29.6 Å². The molecule has 0 saturated carbocycles. The molecule has 0 spiro atoms. The van der Waals surface area contributed by atoms with E-state index < -0.39 is 12.0 Å². The zero-order valence-electron chi connectivity index (χ0n) is 7.39. The average Bonchev–Trinajstić information content (AvgIpc) is 2.21. The first-order valence-electron chi connectivity index (χ1n) is 2.99. The van der Waals surface area contributed by atoms with E-state index in [2.05, 4.69) is 0 Å². The van der Waals surface area contributed by atoms with E-state index in [1.165, 1.54) is 30.6 Å². The summed E-state index contributed by atoms with van der Waals surface area (Å²) in [6, 6.07) is 4.34. The molecule has 0 N–H and O–H groups in total. The topological polar surface area (TPSA) is 122 Å². The zero-order chi connectivity index (χ0) is 10.3. The van der Waals surface area contributed by atoms with E-state index in [1.54, 1.807) is 0 Å². The summed E-state index contributed by atoms with van der Waals surface area (Å²) in [5.74, 6) is 0. The Hall–Kier alpha value is -1.75. The van der Waals surface area contributed by atoms with Crippen molar-refractivity contribution < 1.29 is 0 Å². The number of hydrogen-bond acceptors (Lipinski definition) is 6. The number of nitriles is 5. The summed E-state index contributed by atoms with van der Waals surface area (Å²) < 4.78 is 0. The molecule has 14 heavy (non-hydrogen) atoms. The second kappa shape index (κ2) is 6.73. The molecule has 0 unspecified atom stereocenters. The van der Waals surface area contributed by atoms with Crippen molar-refractivity contribution in [1.29, 1.82) is 26.3 Å². The monoisotopic (exact) mass is 193 g/mol. The van der Waals surface area contributed by atoms with E-state index in [4.69, 9.17) is 26.3 Å². The van der Waals surface area contributed by atoms with Crippen LogP contribution in [0.3, 0.4) is 0 Å². The van der Waals surface area contributed by atoms with Crippen molar-refractivity contribution in [3.63, 3.8) is 0 Å². The Labute approximate surface area is 103 Å². The van der Waals surface area contributed by atoms with Gasteiger partial charge in [-0.2, -0.15) is 26.3 Å². The Bertz CT molecular complexity index is 344.